The van der Waals surface area contributed by atoms with Crippen molar-refractivity contribution in [3.63, 3.8) is 0 Å². The van der Waals surface area contributed by atoms with Gasteiger partial charge in [0.1, 0.15) is 5.76 Å². The van der Waals surface area contributed by atoms with Crippen molar-refractivity contribution in [3.8, 4) is 0 Å². The van der Waals surface area contributed by atoms with Gasteiger partial charge in [-0.3, -0.25) is 29.8 Å². The van der Waals surface area contributed by atoms with Crippen LogP contribution in [-0.4, -0.2) is 38.1 Å². The zero-order valence-electron chi connectivity index (χ0n) is 16.6. The van der Waals surface area contributed by atoms with Gasteiger partial charge in [0.25, 0.3) is 23.1 Å². The highest BCUT2D eigenvalue weighted by Gasteiger charge is 2.47. The minimum absolute atomic E-state index is 0.0858. The third-order valence-electron chi connectivity index (χ3n) is 5.07. The average Bonchev–Trinajstić information content (AvgIpc) is 3.01. The highest BCUT2D eigenvalue weighted by atomic mass is 16.6. The maximum Gasteiger partial charge on any atom is 0.295 e. The highest BCUT2D eigenvalue weighted by Crippen LogP contribution is 2.42. The van der Waals surface area contributed by atoms with Gasteiger partial charge in [-0.25, -0.2) is 0 Å². The Hall–Kier alpha value is -4.08. The van der Waals surface area contributed by atoms with Gasteiger partial charge in [0.15, 0.2) is 0 Å². The fraction of sp³-hybridized carbons (Fsp3) is 0.238. The summed E-state index contributed by atoms with van der Waals surface area (Å²) in [4.78, 5) is 48.1. The van der Waals surface area contributed by atoms with Crippen LogP contribution < -0.4 is 0 Å². The molecule has 0 aromatic heterocycles. The standard InChI is InChI=1S/C21H19N3O7/c1-2-3-12-22-18(15-6-4-5-7-16(15)24(30)31)17(20(26)21(22)27)19(25)13-8-10-14(11-9-13)23(28)29/h4-11,18,25H,2-3,12H2,1H3/b19-17+/t18-/m0/s1. The predicted molar refractivity (Wildman–Crippen MR) is 110 cm³/mol. The zero-order valence-corrected chi connectivity index (χ0v) is 16.6. The summed E-state index contributed by atoms with van der Waals surface area (Å²) in [5.41, 5.74) is -0.598. The van der Waals surface area contributed by atoms with Crippen molar-refractivity contribution in [1.29, 1.82) is 0 Å². The molecule has 10 heteroatoms. The summed E-state index contributed by atoms with van der Waals surface area (Å²) in [6.07, 6.45) is 1.27. The number of Topliss-reactive ketones (excluding diaryl/α,β-unsaturated/α-hetero) is 1. The fourth-order valence-electron chi connectivity index (χ4n) is 3.54. The molecule has 10 nitrogen and oxygen atoms in total. The smallest absolute Gasteiger partial charge is 0.295 e. The van der Waals surface area contributed by atoms with Crippen molar-refractivity contribution in [2.75, 3.05) is 6.54 Å². The number of carbonyl (C=O) groups excluding carboxylic acids is 2. The summed E-state index contributed by atoms with van der Waals surface area (Å²) in [6.45, 7) is 2.07. The van der Waals surface area contributed by atoms with Gasteiger partial charge >= 0.3 is 0 Å². The molecule has 2 aromatic carbocycles. The van der Waals surface area contributed by atoms with E-state index in [1.165, 1.54) is 35.2 Å². The topological polar surface area (TPSA) is 144 Å². The molecule has 2 aromatic rings. The first kappa shape index (κ1) is 21.6. The molecule has 1 aliphatic heterocycles. The molecular formula is C21H19N3O7. The van der Waals surface area contributed by atoms with Crippen molar-refractivity contribution in [1.82, 2.24) is 4.90 Å². The second kappa shape index (κ2) is 8.74. The lowest BCUT2D eigenvalue weighted by molar-refractivity contribution is -0.385. The van der Waals surface area contributed by atoms with Crippen LogP contribution in [0.1, 0.15) is 36.9 Å². The van der Waals surface area contributed by atoms with Crippen LogP contribution in [0.25, 0.3) is 5.76 Å². The summed E-state index contributed by atoms with van der Waals surface area (Å²) in [5.74, 6) is -2.37. The van der Waals surface area contributed by atoms with E-state index in [1.54, 1.807) is 6.07 Å². The Morgan fingerprint density at radius 3 is 2.26 bits per heavy atom. The van der Waals surface area contributed by atoms with Crippen LogP contribution >= 0.6 is 0 Å². The lowest BCUT2D eigenvalue weighted by Gasteiger charge is -2.25. The number of amides is 1. The first-order valence-corrected chi connectivity index (χ1v) is 9.54. The van der Waals surface area contributed by atoms with E-state index in [0.29, 0.717) is 6.42 Å². The van der Waals surface area contributed by atoms with E-state index in [2.05, 4.69) is 0 Å². The number of benzene rings is 2. The molecule has 160 valence electrons. The lowest BCUT2D eigenvalue weighted by atomic mass is 9.94. The SMILES string of the molecule is CCCCN1C(=O)C(=O)/C(=C(/O)c2ccc([N+](=O)[O-])cc2)[C@@H]1c1ccccc1[N+](=O)[O-]. The lowest BCUT2D eigenvalue weighted by Crippen LogP contribution is -2.30. The van der Waals surface area contributed by atoms with Crippen LogP contribution in [0.15, 0.2) is 54.1 Å². The number of para-hydroxylation sites is 1. The molecule has 0 aliphatic carbocycles. The number of aliphatic hydroxyl groups excluding tert-OH is 1. The third-order valence-corrected chi connectivity index (χ3v) is 5.07. The maximum absolute atomic E-state index is 12.8. The van der Waals surface area contributed by atoms with E-state index in [4.69, 9.17) is 0 Å². The number of nitro groups is 2. The molecule has 0 unspecified atom stereocenters. The van der Waals surface area contributed by atoms with E-state index in [0.717, 1.165) is 18.6 Å². The molecular weight excluding hydrogens is 406 g/mol. The normalized spacial score (nSPS) is 17.7. The van der Waals surface area contributed by atoms with Crippen molar-refractivity contribution >= 4 is 28.8 Å². The third kappa shape index (κ3) is 4.00. The van der Waals surface area contributed by atoms with Crippen molar-refractivity contribution < 1.29 is 24.5 Å². The fourth-order valence-corrected chi connectivity index (χ4v) is 3.54. The first-order chi connectivity index (χ1) is 14.8. The number of nitrogens with zero attached hydrogens (tertiary/aromatic N) is 3. The van der Waals surface area contributed by atoms with Gasteiger partial charge in [0.2, 0.25) is 0 Å². The summed E-state index contributed by atoms with van der Waals surface area (Å²) in [7, 11) is 0. The molecule has 1 fully saturated rings. The zero-order chi connectivity index (χ0) is 22.7. The Labute approximate surface area is 176 Å². The number of likely N-dealkylation sites (tertiary alicyclic amines) is 1. The van der Waals surface area contributed by atoms with Crippen LogP contribution in [0.2, 0.25) is 0 Å². The minimum atomic E-state index is -1.15. The number of hydrogen-bond donors (Lipinski definition) is 1. The van der Waals surface area contributed by atoms with E-state index in [9.17, 15) is 34.9 Å². The number of rotatable bonds is 7. The van der Waals surface area contributed by atoms with Crippen molar-refractivity contribution in [2.24, 2.45) is 0 Å². The molecule has 1 heterocycles. The molecule has 0 bridgehead atoms. The number of nitro benzene ring substituents is 2. The number of aliphatic hydroxyl groups is 1. The van der Waals surface area contributed by atoms with Gasteiger partial charge in [-0.2, -0.15) is 0 Å². The minimum Gasteiger partial charge on any atom is -0.507 e. The number of unbranched alkanes of at least 4 members (excludes halogenated alkanes) is 1. The summed E-state index contributed by atoms with van der Waals surface area (Å²) in [5, 5.41) is 33.3. The van der Waals surface area contributed by atoms with Gasteiger partial charge in [-0.1, -0.05) is 25.5 Å². The maximum atomic E-state index is 12.8. The Kier molecular flexibility index (Phi) is 6.10. The van der Waals surface area contributed by atoms with Crippen molar-refractivity contribution in [3.05, 3.63) is 85.5 Å². The van der Waals surface area contributed by atoms with Gasteiger partial charge in [0.05, 0.1) is 27.0 Å². The van der Waals surface area contributed by atoms with Gasteiger partial charge in [-0.05, 0) is 24.6 Å². The molecule has 1 amide bonds. The van der Waals surface area contributed by atoms with Gasteiger partial charge in [-0.15, -0.1) is 0 Å². The predicted octanol–water partition coefficient (Wildman–Crippen LogP) is 3.72. The molecule has 1 aliphatic rings. The van der Waals surface area contributed by atoms with Crippen LogP contribution in [-0.2, 0) is 9.59 Å². The van der Waals surface area contributed by atoms with Crippen LogP contribution in [0.4, 0.5) is 11.4 Å². The Morgan fingerprint density at radius 2 is 1.68 bits per heavy atom. The molecule has 0 radical (unpaired) electrons. The van der Waals surface area contributed by atoms with Crippen LogP contribution in [0, 0.1) is 20.2 Å². The van der Waals surface area contributed by atoms with Gasteiger partial charge < -0.3 is 10.0 Å². The second-order valence-electron chi connectivity index (χ2n) is 6.97. The van der Waals surface area contributed by atoms with Crippen molar-refractivity contribution in [2.45, 2.75) is 25.8 Å². The summed E-state index contributed by atoms with van der Waals surface area (Å²) >= 11 is 0. The molecule has 31 heavy (non-hydrogen) atoms. The van der Waals surface area contributed by atoms with Crippen LogP contribution in [0.5, 0.6) is 0 Å². The monoisotopic (exact) mass is 425 g/mol. The molecule has 1 saturated heterocycles. The second-order valence-corrected chi connectivity index (χ2v) is 6.97. The Balaban J connectivity index is 2.21. The van der Waals surface area contributed by atoms with E-state index in [-0.39, 0.29) is 34.6 Å². The molecule has 1 N–H and O–H groups in total. The molecule has 3 rings (SSSR count). The largest absolute Gasteiger partial charge is 0.507 e. The van der Waals surface area contributed by atoms with Crippen LogP contribution in [0.3, 0.4) is 0 Å². The number of hydrogen-bond acceptors (Lipinski definition) is 7. The van der Waals surface area contributed by atoms with E-state index in [1.807, 2.05) is 6.92 Å². The quantitative estimate of drug-likeness (QED) is 0.234. The summed E-state index contributed by atoms with van der Waals surface area (Å²) in [6, 6.07) is 9.39. The average molecular weight is 425 g/mol. The van der Waals surface area contributed by atoms with E-state index < -0.39 is 33.3 Å². The summed E-state index contributed by atoms with van der Waals surface area (Å²) < 4.78 is 0. The number of ketones is 1. The number of non-ortho nitro benzene ring substituents is 1. The highest BCUT2D eigenvalue weighted by molar-refractivity contribution is 6.46. The Morgan fingerprint density at radius 1 is 1.03 bits per heavy atom. The van der Waals surface area contributed by atoms with Gasteiger partial charge in [0, 0.05) is 30.3 Å². The first-order valence-electron chi connectivity index (χ1n) is 9.54. The molecule has 1 atom stereocenters. The molecule has 0 saturated carbocycles. The Bertz CT molecular complexity index is 1090. The number of carbonyl (C=O) groups is 2. The van der Waals surface area contributed by atoms with E-state index >= 15 is 0 Å². The molecule has 0 spiro atoms.